The van der Waals surface area contributed by atoms with E-state index in [1.807, 2.05) is 5.43 Å². The molecule has 0 bridgehead atoms. The number of halogens is 1. The van der Waals surface area contributed by atoms with Crippen LogP contribution in [0.1, 0.15) is 50.7 Å². The summed E-state index contributed by atoms with van der Waals surface area (Å²) in [6.45, 7) is 0.651. The monoisotopic (exact) mass is 412 g/mol. The van der Waals surface area contributed by atoms with Crippen LogP contribution in [0.15, 0.2) is 42.5 Å². The van der Waals surface area contributed by atoms with Crippen LogP contribution < -0.4 is 11.3 Å². The maximum absolute atomic E-state index is 13.4. The highest BCUT2D eigenvalue weighted by molar-refractivity contribution is 6.02. The predicted octanol–water partition coefficient (Wildman–Crippen LogP) is 2.27. The number of hydrazine groups is 1. The Morgan fingerprint density at radius 1 is 1.17 bits per heavy atom. The van der Waals surface area contributed by atoms with Crippen LogP contribution in [0.4, 0.5) is 9.18 Å². The number of piperidine rings is 1. The van der Waals surface area contributed by atoms with E-state index in [1.165, 1.54) is 23.1 Å². The first-order chi connectivity index (χ1) is 14.4. The van der Waals surface area contributed by atoms with E-state index in [2.05, 4.69) is 0 Å². The van der Waals surface area contributed by atoms with Crippen LogP contribution in [0.2, 0.25) is 0 Å². The Balaban J connectivity index is 1.70. The van der Waals surface area contributed by atoms with E-state index in [1.54, 1.807) is 29.2 Å². The quantitative estimate of drug-likeness (QED) is 0.406. The Kier molecular flexibility index (Phi) is 5.13. The van der Waals surface area contributed by atoms with Gasteiger partial charge in [0.25, 0.3) is 11.8 Å². The summed E-state index contributed by atoms with van der Waals surface area (Å²) >= 11 is 0. The largest absolute Gasteiger partial charge is 0.465 e. The molecule has 1 saturated heterocycles. The van der Waals surface area contributed by atoms with Gasteiger partial charge in [-0.1, -0.05) is 18.2 Å². The minimum absolute atomic E-state index is 0.263. The number of likely N-dealkylation sites (tertiary alicyclic amines) is 1. The lowest BCUT2D eigenvalue weighted by Gasteiger charge is -2.44. The molecule has 0 radical (unpaired) electrons. The minimum atomic E-state index is -1.08. The molecule has 3 amide bonds. The number of carbonyl (C=O) groups excluding carboxylic acids is 2. The number of nitrogens with one attached hydrogen (secondary N) is 1. The van der Waals surface area contributed by atoms with Crippen LogP contribution in [0.3, 0.4) is 0 Å². The summed E-state index contributed by atoms with van der Waals surface area (Å²) in [5.41, 5.74) is 4.12. The summed E-state index contributed by atoms with van der Waals surface area (Å²) in [5.74, 6) is 4.01. The third-order valence-corrected chi connectivity index (χ3v) is 5.79. The molecule has 0 saturated carbocycles. The maximum Gasteiger partial charge on any atom is 0.407 e. The van der Waals surface area contributed by atoms with E-state index in [9.17, 15) is 23.9 Å². The van der Waals surface area contributed by atoms with E-state index >= 15 is 0 Å². The van der Waals surface area contributed by atoms with Crippen LogP contribution in [-0.4, -0.2) is 45.4 Å². The molecule has 8 nitrogen and oxygen atoms in total. The van der Waals surface area contributed by atoms with Crippen molar-refractivity contribution < 1.29 is 23.9 Å². The number of nitrogens with zero attached hydrogens (tertiary/aromatic N) is 2. The number of fused-ring (bicyclic) bond motifs is 1. The van der Waals surface area contributed by atoms with E-state index < -0.39 is 29.9 Å². The van der Waals surface area contributed by atoms with Gasteiger partial charge in [-0.05, 0) is 48.2 Å². The highest BCUT2D eigenvalue weighted by Gasteiger charge is 2.43. The molecule has 4 N–H and O–H groups in total. The number of amides is 3. The van der Waals surface area contributed by atoms with Gasteiger partial charge in [-0.25, -0.2) is 15.0 Å². The Morgan fingerprint density at radius 2 is 1.90 bits per heavy atom. The molecule has 2 aromatic carbocycles. The van der Waals surface area contributed by atoms with E-state index in [4.69, 9.17) is 5.84 Å². The van der Waals surface area contributed by atoms with E-state index in [0.29, 0.717) is 37.1 Å². The fourth-order valence-corrected chi connectivity index (χ4v) is 4.39. The topological polar surface area (TPSA) is 116 Å². The molecule has 30 heavy (non-hydrogen) atoms. The zero-order chi connectivity index (χ0) is 21.4. The molecule has 4 rings (SSSR count). The van der Waals surface area contributed by atoms with Crippen LogP contribution in [-0.2, 0) is 6.54 Å². The summed E-state index contributed by atoms with van der Waals surface area (Å²) in [6, 6.07) is 9.50. The third kappa shape index (κ3) is 3.37. The molecule has 0 aliphatic carbocycles. The Labute approximate surface area is 172 Å². The van der Waals surface area contributed by atoms with Gasteiger partial charge in [0, 0.05) is 24.2 Å². The molecule has 156 valence electrons. The average molecular weight is 412 g/mol. The SMILES string of the molecule is NNC(=O)c1ccc2c(c1)C(=O)N(C1CCCN(C(=O)O)C1c1ccc(F)cc1)C2. The Bertz CT molecular complexity index is 1010. The van der Waals surface area contributed by atoms with E-state index in [0.717, 1.165) is 5.56 Å². The summed E-state index contributed by atoms with van der Waals surface area (Å²) in [6.07, 6.45) is 0.136. The molecule has 2 atom stereocenters. The van der Waals surface area contributed by atoms with Gasteiger partial charge in [-0.15, -0.1) is 0 Å². The summed E-state index contributed by atoms with van der Waals surface area (Å²) in [4.78, 5) is 39.9. The van der Waals surface area contributed by atoms with Gasteiger partial charge in [-0.3, -0.25) is 19.9 Å². The van der Waals surface area contributed by atoms with Crippen molar-refractivity contribution in [2.24, 2.45) is 5.84 Å². The second-order valence-electron chi connectivity index (χ2n) is 7.46. The molecule has 2 heterocycles. The molecular formula is C21H21FN4O4. The smallest absolute Gasteiger partial charge is 0.407 e. The highest BCUT2D eigenvalue weighted by Crippen LogP contribution is 2.38. The van der Waals surface area contributed by atoms with Gasteiger partial charge in [0.1, 0.15) is 5.82 Å². The average Bonchev–Trinajstić information content (AvgIpc) is 3.09. The highest BCUT2D eigenvalue weighted by atomic mass is 19.1. The van der Waals surface area contributed by atoms with Crippen molar-refractivity contribution >= 4 is 17.9 Å². The Hall–Kier alpha value is -3.46. The van der Waals surface area contributed by atoms with Crippen molar-refractivity contribution in [2.75, 3.05) is 6.54 Å². The molecule has 2 aromatic rings. The van der Waals surface area contributed by atoms with Gasteiger partial charge in [-0.2, -0.15) is 0 Å². The molecule has 1 fully saturated rings. The predicted molar refractivity (Wildman–Crippen MR) is 105 cm³/mol. The van der Waals surface area contributed by atoms with Gasteiger partial charge >= 0.3 is 6.09 Å². The van der Waals surface area contributed by atoms with E-state index in [-0.39, 0.29) is 11.5 Å². The number of rotatable bonds is 3. The van der Waals surface area contributed by atoms with Gasteiger partial charge in [0.05, 0.1) is 12.1 Å². The van der Waals surface area contributed by atoms with Crippen molar-refractivity contribution in [3.63, 3.8) is 0 Å². The van der Waals surface area contributed by atoms with Crippen LogP contribution in [0, 0.1) is 5.82 Å². The Morgan fingerprint density at radius 3 is 2.57 bits per heavy atom. The van der Waals surface area contributed by atoms with Crippen molar-refractivity contribution in [3.05, 3.63) is 70.5 Å². The summed E-state index contributed by atoms with van der Waals surface area (Å²) < 4.78 is 13.4. The third-order valence-electron chi connectivity index (χ3n) is 5.79. The lowest BCUT2D eigenvalue weighted by molar-refractivity contribution is 0.0326. The standard InChI is InChI=1S/C21H21FN4O4/c22-15-7-5-12(6-8-15)18-17(2-1-9-25(18)21(29)30)26-11-14-4-3-13(19(27)24-23)10-16(14)20(26)28/h3-8,10,17-18H,1-2,9,11,23H2,(H,24,27)(H,29,30). The van der Waals surface area contributed by atoms with Crippen LogP contribution in [0.25, 0.3) is 0 Å². The van der Waals surface area contributed by atoms with Crippen molar-refractivity contribution in [1.29, 1.82) is 0 Å². The first kappa shape index (κ1) is 19.8. The van der Waals surface area contributed by atoms with Gasteiger partial charge in [0.15, 0.2) is 0 Å². The molecule has 0 spiro atoms. The number of nitrogens with two attached hydrogens (primary N) is 1. The molecule has 0 aromatic heterocycles. The fourth-order valence-electron chi connectivity index (χ4n) is 4.39. The lowest BCUT2D eigenvalue weighted by atomic mass is 9.89. The lowest BCUT2D eigenvalue weighted by Crippen LogP contribution is -2.51. The zero-order valence-corrected chi connectivity index (χ0v) is 16.0. The molecule has 2 aliphatic rings. The number of hydrogen-bond donors (Lipinski definition) is 3. The fraction of sp³-hybridized carbons (Fsp3) is 0.286. The first-order valence-electron chi connectivity index (χ1n) is 9.60. The van der Waals surface area contributed by atoms with Crippen LogP contribution >= 0.6 is 0 Å². The van der Waals surface area contributed by atoms with Crippen molar-refractivity contribution in [2.45, 2.75) is 31.5 Å². The summed E-state index contributed by atoms with van der Waals surface area (Å²) in [7, 11) is 0. The molecular weight excluding hydrogens is 391 g/mol. The van der Waals surface area contributed by atoms with Crippen molar-refractivity contribution in [3.8, 4) is 0 Å². The number of carbonyl (C=O) groups is 3. The van der Waals surface area contributed by atoms with Crippen LogP contribution in [0.5, 0.6) is 0 Å². The second kappa shape index (κ2) is 7.75. The number of nitrogen functional groups attached to an aromatic ring is 1. The maximum atomic E-state index is 13.4. The molecule has 9 heteroatoms. The number of hydrogen-bond acceptors (Lipinski definition) is 4. The minimum Gasteiger partial charge on any atom is -0.465 e. The molecule has 2 unspecified atom stereocenters. The molecule has 2 aliphatic heterocycles. The second-order valence-corrected chi connectivity index (χ2v) is 7.46. The van der Waals surface area contributed by atoms with Crippen molar-refractivity contribution in [1.82, 2.24) is 15.2 Å². The van der Waals surface area contributed by atoms with Gasteiger partial charge < -0.3 is 10.0 Å². The first-order valence-corrected chi connectivity index (χ1v) is 9.60. The number of benzene rings is 2. The van der Waals surface area contributed by atoms with Gasteiger partial charge in [0.2, 0.25) is 0 Å². The normalized spacial score (nSPS) is 20.8. The summed E-state index contributed by atoms with van der Waals surface area (Å²) in [5, 5.41) is 9.74. The zero-order valence-electron chi connectivity index (χ0n) is 16.0. The number of carboxylic acid groups (broad SMARTS) is 1.